The molecule has 0 heterocycles. The highest BCUT2D eigenvalue weighted by molar-refractivity contribution is 6.39. The number of anilines is 2. The van der Waals surface area contributed by atoms with Gasteiger partial charge in [0, 0.05) is 5.69 Å². The summed E-state index contributed by atoms with van der Waals surface area (Å²) < 4.78 is 0. The van der Waals surface area contributed by atoms with Gasteiger partial charge in [0.05, 0.1) is 28.8 Å². The van der Waals surface area contributed by atoms with Gasteiger partial charge in [-0.15, -0.1) is 0 Å². The maximum Gasteiger partial charge on any atom is 0.238 e. The van der Waals surface area contributed by atoms with E-state index < -0.39 is 0 Å². The second kappa shape index (κ2) is 9.74. The third-order valence-electron chi connectivity index (χ3n) is 3.91. The summed E-state index contributed by atoms with van der Waals surface area (Å²) in [7, 11) is 1.70. The summed E-state index contributed by atoms with van der Waals surface area (Å²) in [4.78, 5) is 26.1. The van der Waals surface area contributed by atoms with E-state index in [2.05, 4.69) is 24.5 Å². The van der Waals surface area contributed by atoms with E-state index >= 15 is 0 Å². The Bertz CT molecular complexity index is 804. The predicted molar refractivity (Wildman–Crippen MR) is 112 cm³/mol. The Kier molecular flexibility index (Phi) is 7.66. The normalized spacial score (nSPS) is 10.9. The maximum atomic E-state index is 12.3. The fourth-order valence-electron chi connectivity index (χ4n) is 2.65. The van der Waals surface area contributed by atoms with Gasteiger partial charge in [0.2, 0.25) is 11.8 Å². The van der Waals surface area contributed by atoms with Gasteiger partial charge in [-0.1, -0.05) is 61.3 Å². The van der Waals surface area contributed by atoms with Crippen LogP contribution in [0.25, 0.3) is 0 Å². The first-order valence-electron chi connectivity index (χ1n) is 8.59. The Hall–Kier alpha value is -2.08. The van der Waals surface area contributed by atoms with Crippen LogP contribution in [-0.2, 0) is 9.59 Å². The van der Waals surface area contributed by atoms with Gasteiger partial charge in [-0.2, -0.15) is 0 Å². The van der Waals surface area contributed by atoms with E-state index in [1.54, 1.807) is 30.1 Å². The maximum absolute atomic E-state index is 12.3. The molecule has 27 heavy (non-hydrogen) atoms. The molecule has 0 saturated heterocycles. The summed E-state index contributed by atoms with van der Waals surface area (Å²) in [6.07, 6.45) is 0. The lowest BCUT2D eigenvalue weighted by Crippen LogP contribution is -2.36. The quantitative estimate of drug-likeness (QED) is 0.703. The monoisotopic (exact) mass is 407 g/mol. The van der Waals surface area contributed by atoms with Crippen molar-refractivity contribution in [1.82, 2.24) is 4.90 Å². The van der Waals surface area contributed by atoms with Crippen molar-refractivity contribution in [3.8, 4) is 0 Å². The van der Waals surface area contributed by atoms with Gasteiger partial charge in [0.25, 0.3) is 0 Å². The second-order valence-corrected chi connectivity index (χ2v) is 7.42. The van der Waals surface area contributed by atoms with Crippen LogP contribution in [0.4, 0.5) is 11.4 Å². The van der Waals surface area contributed by atoms with Gasteiger partial charge in [0.1, 0.15) is 0 Å². The Balaban J connectivity index is 1.91. The molecule has 144 valence electrons. The molecule has 2 aromatic carbocycles. The van der Waals surface area contributed by atoms with E-state index in [1.165, 1.54) is 0 Å². The van der Waals surface area contributed by atoms with Crippen molar-refractivity contribution >= 4 is 46.4 Å². The van der Waals surface area contributed by atoms with E-state index in [-0.39, 0.29) is 24.9 Å². The smallest absolute Gasteiger partial charge is 0.238 e. The van der Waals surface area contributed by atoms with E-state index in [0.717, 1.165) is 11.3 Å². The van der Waals surface area contributed by atoms with Gasteiger partial charge in [-0.05, 0) is 36.7 Å². The van der Waals surface area contributed by atoms with Crippen molar-refractivity contribution in [2.75, 3.05) is 30.8 Å². The fraction of sp³-hybridized carbons (Fsp3) is 0.300. The van der Waals surface area contributed by atoms with Crippen LogP contribution in [0.3, 0.4) is 0 Å². The topological polar surface area (TPSA) is 61.4 Å². The zero-order chi connectivity index (χ0) is 20.0. The molecule has 0 aliphatic heterocycles. The Morgan fingerprint density at radius 3 is 2.07 bits per heavy atom. The van der Waals surface area contributed by atoms with Gasteiger partial charge in [-0.25, -0.2) is 0 Å². The molecule has 7 heteroatoms. The number of nitrogens with one attached hydrogen (secondary N) is 2. The zero-order valence-corrected chi connectivity index (χ0v) is 17.1. The molecular weight excluding hydrogens is 385 g/mol. The Morgan fingerprint density at radius 1 is 0.926 bits per heavy atom. The highest BCUT2D eigenvalue weighted by Gasteiger charge is 2.15. The summed E-state index contributed by atoms with van der Waals surface area (Å²) in [5, 5.41) is 6.31. The number of para-hydroxylation sites is 2. The highest BCUT2D eigenvalue weighted by atomic mass is 35.5. The largest absolute Gasteiger partial charge is 0.325 e. The average Bonchev–Trinajstić information content (AvgIpc) is 2.58. The number of nitrogens with zero attached hydrogens (tertiary/aromatic N) is 1. The van der Waals surface area contributed by atoms with Crippen LogP contribution in [0.15, 0.2) is 42.5 Å². The highest BCUT2D eigenvalue weighted by Crippen LogP contribution is 2.29. The Morgan fingerprint density at radius 2 is 1.48 bits per heavy atom. The van der Waals surface area contributed by atoms with E-state index in [0.29, 0.717) is 21.7 Å². The van der Waals surface area contributed by atoms with Crippen LogP contribution in [0, 0.1) is 0 Å². The van der Waals surface area contributed by atoms with Crippen LogP contribution in [0.2, 0.25) is 10.0 Å². The zero-order valence-electron chi connectivity index (χ0n) is 15.6. The van der Waals surface area contributed by atoms with Gasteiger partial charge < -0.3 is 10.6 Å². The van der Waals surface area contributed by atoms with E-state index in [4.69, 9.17) is 23.2 Å². The van der Waals surface area contributed by atoms with Crippen LogP contribution in [0.1, 0.15) is 25.3 Å². The summed E-state index contributed by atoms with van der Waals surface area (Å²) in [5.74, 6) is -0.192. The third kappa shape index (κ3) is 6.24. The lowest BCUT2D eigenvalue weighted by Gasteiger charge is -2.18. The molecule has 2 aromatic rings. The number of carbonyl (C=O) groups excluding carboxylic acids is 2. The van der Waals surface area contributed by atoms with Crippen LogP contribution in [0.5, 0.6) is 0 Å². The molecule has 2 rings (SSSR count). The number of carbonyl (C=O) groups is 2. The SMILES string of the molecule is CC(C)c1ccccc1NC(=O)CN(C)CC(=O)Nc1c(Cl)cccc1Cl. The van der Waals surface area contributed by atoms with Gasteiger partial charge in [-0.3, -0.25) is 14.5 Å². The summed E-state index contributed by atoms with van der Waals surface area (Å²) in [5.41, 5.74) is 2.23. The molecule has 0 aliphatic rings. The van der Waals surface area contributed by atoms with Crippen molar-refractivity contribution in [3.63, 3.8) is 0 Å². The first-order chi connectivity index (χ1) is 12.8. The molecule has 5 nitrogen and oxygen atoms in total. The van der Waals surface area contributed by atoms with Crippen molar-refractivity contribution < 1.29 is 9.59 Å². The molecule has 0 unspecified atom stereocenters. The number of hydrogen-bond donors (Lipinski definition) is 2. The van der Waals surface area contributed by atoms with Crippen molar-refractivity contribution in [3.05, 3.63) is 58.1 Å². The molecule has 0 atom stereocenters. The fourth-order valence-corrected chi connectivity index (χ4v) is 3.14. The van der Waals surface area contributed by atoms with Crippen LogP contribution < -0.4 is 10.6 Å². The standard InChI is InChI=1S/C20H23Cl2N3O2/c1-13(2)14-7-4-5-10-17(14)23-18(26)11-25(3)12-19(27)24-20-15(21)8-6-9-16(20)22/h4-10,13H,11-12H2,1-3H3,(H,23,26)(H,24,27). The summed E-state index contributed by atoms with van der Waals surface area (Å²) in [6, 6.07) is 12.7. The summed E-state index contributed by atoms with van der Waals surface area (Å²) >= 11 is 12.1. The van der Waals surface area contributed by atoms with Crippen molar-refractivity contribution in [2.24, 2.45) is 0 Å². The number of benzene rings is 2. The molecule has 0 aromatic heterocycles. The van der Waals surface area contributed by atoms with Crippen LogP contribution >= 0.6 is 23.2 Å². The van der Waals surface area contributed by atoms with Crippen molar-refractivity contribution in [2.45, 2.75) is 19.8 Å². The minimum absolute atomic E-state index is 0.0286. The van der Waals surface area contributed by atoms with E-state index in [1.807, 2.05) is 24.3 Å². The number of rotatable bonds is 7. The second-order valence-electron chi connectivity index (χ2n) is 6.61. The molecule has 0 radical (unpaired) electrons. The predicted octanol–water partition coefficient (Wildman–Crippen LogP) is 4.63. The third-order valence-corrected chi connectivity index (χ3v) is 4.54. The molecule has 2 N–H and O–H groups in total. The molecule has 0 spiro atoms. The number of likely N-dealkylation sites (N-methyl/N-ethyl adjacent to an activating group) is 1. The molecule has 0 fully saturated rings. The average molecular weight is 408 g/mol. The van der Waals surface area contributed by atoms with E-state index in [9.17, 15) is 9.59 Å². The molecule has 0 aliphatic carbocycles. The minimum Gasteiger partial charge on any atom is -0.325 e. The molecule has 0 saturated carbocycles. The number of amides is 2. The number of hydrogen-bond acceptors (Lipinski definition) is 3. The van der Waals surface area contributed by atoms with Gasteiger partial charge >= 0.3 is 0 Å². The number of halogens is 2. The first kappa shape index (κ1) is 21.2. The lowest BCUT2D eigenvalue weighted by atomic mass is 10.0. The lowest BCUT2D eigenvalue weighted by molar-refractivity contribution is -0.119. The van der Waals surface area contributed by atoms with Crippen LogP contribution in [-0.4, -0.2) is 36.9 Å². The summed E-state index contributed by atoms with van der Waals surface area (Å²) in [6.45, 7) is 4.25. The minimum atomic E-state index is -0.303. The molecular formula is C20H23Cl2N3O2. The molecule has 0 bridgehead atoms. The van der Waals surface area contributed by atoms with Crippen molar-refractivity contribution in [1.29, 1.82) is 0 Å². The molecule has 2 amide bonds. The first-order valence-corrected chi connectivity index (χ1v) is 9.34. The Labute approximate surface area is 169 Å². The van der Waals surface area contributed by atoms with Gasteiger partial charge in [0.15, 0.2) is 0 Å².